The van der Waals surface area contributed by atoms with Crippen molar-refractivity contribution in [3.63, 3.8) is 0 Å². The zero-order chi connectivity index (χ0) is 21.1. The third-order valence-electron chi connectivity index (χ3n) is 6.37. The highest BCUT2D eigenvalue weighted by Gasteiger charge is 2.36. The van der Waals surface area contributed by atoms with Crippen LogP contribution in [-0.2, 0) is 9.59 Å². The molecule has 1 aliphatic carbocycles. The summed E-state index contributed by atoms with van der Waals surface area (Å²) in [6.45, 7) is 4.00. The van der Waals surface area contributed by atoms with E-state index >= 15 is 0 Å². The predicted octanol–water partition coefficient (Wildman–Crippen LogP) is 0.869. The van der Waals surface area contributed by atoms with E-state index in [0.29, 0.717) is 12.6 Å². The maximum absolute atomic E-state index is 12.0. The molecule has 31 heavy (non-hydrogen) atoms. The average molecular weight is 453 g/mol. The summed E-state index contributed by atoms with van der Waals surface area (Å²) in [5.41, 5.74) is 1.08. The number of hydrogen-bond acceptors (Lipinski definition) is 7. The number of carbonyl (C=O) groups excluding carboxylic acids is 2. The second-order valence-electron chi connectivity index (χ2n) is 8.41. The van der Waals surface area contributed by atoms with Crippen molar-refractivity contribution < 1.29 is 19.4 Å². The summed E-state index contributed by atoms with van der Waals surface area (Å²) in [5.74, 6) is 0.520. The van der Waals surface area contributed by atoms with Crippen LogP contribution in [0.4, 0.5) is 5.69 Å². The Morgan fingerprint density at radius 1 is 1.10 bits per heavy atom. The highest BCUT2D eigenvalue weighted by molar-refractivity contribution is 6.01. The normalized spacial score (nSPS) is 21.7. The largest absolute Gasteiger partial charge is 0.495 e. The molecule has 3 aliphatic rings. The molecule has 4 rings (SSSR count). The number of aliphatic hydroxyl groups excluding tert-OH is 1. The molecule has 0 spiro atoms. The van der Waals surface area contributed by atoms with Crippen LogP contribution in [0.15, 0.2) is 24.3 Å². The average Bonchev–Trinajstić information content (AvgIpc) is 3.55. The van der Waals surface area contributed by atoms with Crippen LogP contribution in [0.2, 0.25) is 0 Å². The van der Waals surface area contributed by atoms with Gasteiger partial charge in [-0.2, -0.15) is 0 Å². The summed E-state index contributed by atoms with van der Waals surface area (Å²) >= 11 is 0. The van der Waals surface area contributed by atoms with Gasteiger partial charge in [0.15, 0.2) is 0 Å². The van der Waals surface area contributed by atoms with Gasteiger partial charge in [0.2, 0.25) is 11.8 Å². The SMILES string of the molecule is COc1ccccc1N1CCN(C(CNC2CC2)C(O)CN2C(=O)CCC2=O)CC1.Cl. The van der Waals surface area contributed by atoms with Crippen molar-refractivity contribution in [2.75, 3.05) is 51.3 Å². The zero-order valence-corrected chi connectivity index (χ0v) is 18.9. The first-order chi connectivity index (χ1) is 14.6. The first-order valence-electron chi connectivity index (χ1n) is 10.9. The Bertz CT molecular complexity index is 752. The number of likely N-dealkylation sites (tertiary alicyclic amines) is 1. The molecule has 2 N–H and O–H groups in total. The predicted molar refractivity (Wildman–Crippen MR) is 121 cm³/mol. The first kappa shape index (κ1) is 23.8. The number of hydrogen-bond donors (Lipinski definition) is 2. The summed E-state index contributed by atoms with van der Waals surface area (Å²) < 4.78 is 5.50. The quantitative estimate of drug-likeness (QED) is 0.538. The summed E-state index contributed by atoms with van der Waals surface area (Å²) in [7, 11) is 1.69. The van der Waals surface area contributed by atoms with Crippen LogP contribution in [0, 0.1) is 0 Å². The smallest absolute Gasteiger partial charge is 0.229 e. The first-order valence-corrected chi connectivity index (χ1v) is 10.9. The number of piperazine rings is 1. The summed E-state index contributed by atoms with van der Waals surface area (Å²) in [4.78, 5) is 29.8. The number of imide groups is 1. The van der Waals surface area contributed by atoms with E-state index in [1.54, 1.807) is 7.11 Å². The molecule has 2 amide bonds. The lowest BCUT2D eigenvalue weighted by Crippen LogP contribution is -2.59. The van der Waals surface area contributed by atoms with Gasteiger partial charge in [0.25, 0.3) is 0 Å². The molecule has 2 saturated heterocycles. The Morgan fingerprint density at radius 2 is 1.74 bits per heavy atom. The Kier molecular flexibility index (Phi) is 8.16. The third-order valence-corrected chi connectivity index (χ3v) is 6.37. The molecule has 0 aromatic heterocycles. The number of amides is 2. The zero-order valence-electron chi connectivity index (χ0n) is 18.0. The number of halogens is 1. The molecule has 0 bridgehead atoms. The molecule has 2 unspecified atom stereocenters. The molecule has 9 heteroatoms. The van der Waals surface area contributed by atoms with E-state index < -0.39 is 6.10 Å². The number of nitrogens with one attached hydrogen (secondary N) is 1. The van der Waals surface area contributed by atoms with Crippen LogP contribution in [0.3, 0.4) is 0 Å². The number of rotatable bonds is 9. The third kappa shape index (κ3) is 5.68. The molecule has 1 saturated carbocycles. The molecule has 172 valence electrons. The fourth-order valence-electron chi connectivity index (χ4n) is 4.40. The Hall–Kier alpha value is -1.87. The van der Waals surface area contributed by atoms with Crippen molar-refractivity contribution >= 4 is 29.9 Å². The van der Waals surface area contributed by atoms with E-state index in [2.05, 4.69) is 21.2 Å². The summed E-state index contributed by atoms with van der Waals surface area (Å²) in [5, 5.41) is 14.5. The van der Waals surface area contributed by atoms with Crippen molar-refractivity contribution in [1.82, 2.24) is 15.1 Å². The monoisotopic (exact) mass is 452 g/mol. The number of methoxy groups -OCH3 is 1. The van der Waals surface area contributed by atoms with Crippen LogP contribution in [0.5, 0.6) is 5.75 Å². The van der Waals surface area contributed by atoms with Crippen LogP contribution in [-0.4, -0.2) is 91.3 Å². The Morgan fingerprint density at radius 3 is 2.35 bits per heavy atom. The van der Waals surface area contributed by atoms with Crippen molar-refractivity contribution in [3.05, 3.63) is 24.3 Å². The topological polar surface area (TPSA) is 85.3 Å². The summed E-state index contributed by atoms with van der Waals surface area (Å²) in [6, 6.07) is 8.42. The van der Waals surface area contributed by atoms with Crippen molar-refractivity contribution in [2.45, 2.75) is 43.9 Å². The molecule has 2 heterocycles. The molecular formula is C22H33ClN4O4. The number of β-amino-alcohol motifs (C(OH)–C–C–N with tert-alkyl or cyclic N) is 1. The number of anilines is 1. The van der Waals surface area contributed by atoms with Gasteiger partial charge in [0.1, 0.15) is 5.75 Å². The second-order valence-corrected chi connectivity index (χ2v) is 8.41. The van der Waals surface area contributed by atoms with Gasteiger partial charge >= 0.3 is 0 Å². The minimum atomic E-state index is -0.764. The van der Waals surface area contributed by atoms with E-state index in [1.807, 2.05) is 18.2 Å². The second kappa shape index (κ2) is 10.6. The van der Waals surface area contributed by atoms with Crippen molar-refractivity contribution in [1.29, 1.82) is 0 Å². The molecule has 0 radical (unpaired) electrons. The molecule has 8 nitrogen and oxygen atoms in total. The number of nitrogens with zero attached hydrogens (tertiary/aromatic N) is 3. The Balaban J connectivity index is 0.00000272. The number of ether oxygens (including phenoxy) is 1. The van der Waals surface area contributed by atoms with Gasteiger partial charge in [-0.25, -0.2) is 0 Å². The number of benzene rings is 1. The van der Waals surface area contributed by atoms with Crippen LogP contribution < -0.4 is 15.0 Å². The van der Waals surface area contributed by atoms with E-state index in [-0.39, 0.29) is 49.6 Å². The number of para-hydroxylation sites is 2. The van der Waals surface area contributed by atoms with Crippen molar-refractivity contribution in [3.8, 4) is 5.75 Å². The lowest BCUT2D eigenvalue weighted by molar-refractivity contribution is -0.140. The minimum Gasteiger partial charge on any atom is -0.495 e. The molecule has 3 fully saturated rings. The van der Waals surface area contributed by atoms with Gasteiger partial charge in [0, 0.05) is 57.6 Å². The van der Waals surface area contributed by atoms with E-state index in [1.165, 1.54) is 17.7 Å². The molecule has 1 aromatic rings. The maximum atomic E-state index is 12.0. The van der Waals surface area contributed by atoms with Gasteiger partial charge in [-0.05, 0) is 25.0 Å². The molecule has 2 aliphatic heterocycles. The van der Waals surface area contributed by atoms with Gasteiger partial charge in [-0.3, -0.25) is 19.4 Å². The summed E-state index contributed by atoms with van der Waals surface area (Å²) in [6.07, 6.45) is 2.10. The van der Waals surface area contributed by atoms with E-state index in [9.17, 15) is 14.7 Å². The lowest BCUT2D eigenvalue weighted by Gasteiger charge is -2.42. The van der Waals surface area contributed by atoms with E-state index in [0.717, 1.165) is 37.6 Å². The van der Waals surface area contributed by atoms with Gasteiger partial charge in [0.05, 0.1) is 25.4 Å². The van der Waals surface area contributed by atoms with Gasteiger partial charge in [-0.1, -0.05) is 12.1 Å². The maximum Gasteiger partial charge on any atom is 0.229 e. The van der Waals surface area contributed by atoms with E-state index in [4.69, 9.17) is 4.74 Å². The molecule has 2 atom stereocenters. The fourth-order valence-corrected chi connectivity index (χ4v) is 4.40. The highest BCUT2D eigenvalue weighted by atomic mass is 35.5. The number of aliphatic hydroxyl groups is 1. The van der Waals surface area contributed by atoms with Crippen LogP contribution in [0.1, 0.15) is 25.7 Å². The number of carbonyl (C=O) groups is 2. The minimum absolute atomic E-state index is 0. The standard InChI is InChI=1S/C22H32N4O4.ClH/c1-30-20-5-3-2-4-17(20)24-10-12-25(13-11-24)18(14-23-16-6-7-16)19(27)15-26-21(28)8-9-22(26)29;/h2-5,16,18-19,23,27H,6-15H2,1H3;1H. The van der Waals surface area contributed by atoms with Crippen LogP contribution >= 0.6 is 12.4 Å². The van der Waals surface area contributed by atoms with Crippen LogP contribution in [0.25, 0.3) is 0 Å². The highest BCUT2D eigenvalue weighted by Crippen LogP contribution is 2.29. The molecule has 1 aromatic carbocycles. The Labute approximate surface area is 189 Å². The fraction of sp³-hybridized carbons (Fsp3) is 0.636. The van der Waals surface area contributed by atoms with Crippen molar-refractivity contribution in [2.24, 2.45) is 0 Å². The van der Waals surface area contributed by atoms with Gasteiger partial charge < -0.3 is 20.1 Å². The van der Waals surface area contributed by atoms with Gasteiger partial charge in [-0.15, -0.1) is 12.4 Å². The lowest BCUT2D eigenvalue weighted by atomic mass is 10.1. The molecular weight excluding hydrogens is 420 g/mol.